The molecule has 1 saturated carbocycles. The molecule has 0 aromatic heterocycles. The van der Waals surface area contributed by atoms with Crippen molar-refractivity contribution in [2.75, 3.05) is 19.6 Å². The summed E-state index contributed by atoms with van der Waals surface area (Å²) < 4.78 is 0. The van der Waals surface area contributed by atoms with E-state index in [4.69, 9.17) is 0 Å². The van der Waals surface area contributed by atoms with Crippen LogP contribution in [0.2, 0.25) is 0 Å². The molecule has 1 amide bonds. The van der Waals surface area contributed by atoms with Crippen LogP contribution in [0.5, 0.6) is 0 Å². The van der Waals surface area contributed by atoms with Crippen LogP contribution in [0.1, 0.15) is 39.0 Å². The van der Waals surface area contributed by atoms with Crippen molar-refractivity contribution in [2.24, 2.45) is 17.3 Å². The molecule has 3 rings (SSSR count). The average Bonchev–Trinajstić information content (AvgIpc) is 3.01. The third-order valence-corrected chi connectivity index (χ3v) is 5.71. The largest absolute Gasteiger partial charge is 0.481 e. The number of amides is 1. The molecule has 0 spiro atoms. The molecule has 2 N–H and O–H groups in total. The highest BCUT2D eigenvalue weighted by molar-refractivity contribution is 5.83. The Hall–Kier alpha value is -1.10. The summed E-state index contributed by atoms with van der Waals surface area (Å²) in [6.45, 7) is 3.92. The lowest BCUT2D eigenvalue weighted by atomic mass is 9.80. The minimum absolute atomic E-state index is 0.0170. The summed E-state index contributed by atoms with van der Waals surface area (Å²) in [5, 5.41) is 12.6. The highest BCUT2D eigenvalue weighted by Crippen LogP contribution is 2.39. The van der Waals surface area contributed by atoms with E-state index in [-0.39, 0.29) is 11.9 Å². The number of carbonyl (C=O) groups is 2. The summed E-state index contributed by atoms with van der Waals surface area (Å²) >= 11 is 0. The maximum atomic E-state index is 12.6. The van der Waals surface area contributed by atoms with Gasteiger partial charge in [0.1, 0.15) is 0 Å². The molecule has 3 fully saturated rings. The summed E-state index contributed by atoms with van der Waals surface area (Å²) in [5.74, 6) is 0.652. The summed E-state index contributed by atoms with van der Waals surface area (Å²) in [5.41, 5.74) is -0.657. The molecule has 20 heavy (non-hydrogen) atoms. The number of carboxylic acids is 1. The Morgan fingerprint density at radius 2 is 1.95 bits per heavy atom. The lowest BCUT2D eigenvalue weighted by Gasteiger charge is -2.38. The Kier molecular flexibility index (Phi) is 3.48. The number of carbonyl (C=O) groups excluding carboxylic acids is 1. The number of nitrogens with one attached hydrogen (secondary N) is 1. The highest BCUT2D eigenvalue weighted by Gasteiger charge is 2.45. The molecule has 3 aliphatic rings. The second-order valence-corrected chi connectivity index (χ2v) is 6.93. The number of fused-ring (bicyclic) bond motifs is 1. The Labute approximate surface area is 119 Å². The number of hydrogen-bond donors (Lipinski definition) is 2. The normalized spacial score (nSPS) is 35.9. The zero-order valence-corrected chi connectivity index (χ0v) is 12.1. The summed E-state index contributed by atoms with van der Waals surface area (Å²) in [4.78, 5) is 25.8. The minimum atomic E-state index is -0.737. The van der Waals surface area contributed by atoms with Crippen LogP contribution in [-0.2, 0) is 9.59 Å². The highest BCUT2D eigenvalue weighted by atomic mass is 16.4. The van der Waals surface area contributed by atoms with E-state index in [9.17, 15) is 14.7 Å². The molecular weight excluding hydrogens is 256 g/mol. The fourth-order valence-corrected chi connectivity index (χ4v) is 4.09. The molecule has 2 saturated heterocycles. The van der Waals surface area contributed by atoms with Crippen molar-refractivity contribution in [3.63, 3.8) is 0 Å². The molecule has 112 valence electrons. The predicted octanol–water partition coefficient (Wildman–Crippen LogP) is 1.09. The van der Waals surface area contributed by atoms with Crippen LogP contribution in [0.4, 0.5) is 0 Å². The van der Waals surface area contributed by atoms with Crippen LogP contribution in [0.15, 0.2) is 0 Å². The molecule has 0 radical (unpaired) electrons. The van der Waals surface area contributed by atoms with Gasteiger partial charge in [-0.1, -0.05) is 6.42 Å². The average molecular weight is 280 g/mol. The number of rotatable bonds is 2. The smallest absolute Gasteiger partial charge is 0.309 e. The fraction of sp³-hybridized carbons (Fsp3) is 0.867. The second kappa shape index (κ2) is 5.02. The fourth-order valence-electron chi connectivity index (χ4n) is 4.09. The predicted molar refractivity (Wildman–Crippen MR) is 74.2 cm³/mol. The monoisotopic (exact) mass is 280 g/mol. The van der Waals surface area contributed by atoms with Gasteiger partial charge < -0.3 is 15.3 Å². The molecule has 0 bridgehead atoms. The van der Waals surface area contributed by atoms with Crippen molar-refractivity contribution in [1.82, 2.24) is 10.2 Å². The van der Waals surface area contributed by atoms with Crippen molar-refractivity contribution in [3.05, 3.63) is 0 Å². The van der Waals surface area contributed by atoms with Crippen LogP contribution in [-0.4, -0.2) is 47.6 Å². The summed E-state index contributed by atoms with van der Waals surface area (Å²) in [6, 6.07) is -0.0170. The van der Waals surface area contributed by atoms with Crippen LogP contribution >= 0.6 is 0 Å². The topological polar surface area (TPSA) is 69.6 Å². The van der Waals surface area contributed by atoms with Gasteiger partial charge in [0.15, 0.2) is 0 Å². The number of carboxylic acid groups (broad SMARTS) is 1. The summed E-state index contributed by atoms with van der Waals surface area (Å²) in [6.07, 6.45) is 4.79. The quantitative estimate of drug-likeness (QED) is 0.794. The Balaban J connectivity index is 1.61. The Morgan fingerprint density at radius 1 is 1.25 bits per heavy atom. The van der Waals surface area contributed by atoms with Gasteiger partial charge in [-0.3, -0.25) is 9.59 Å². The molecule has 1 aliphatic carbocycles. The van der Waals surface area contributed by atoms with Crippen molar-refractivity contribution >= 4 is 11.9 Å². The van der Waals surface area contributed by atoms with E-state index in [2.05, 4.69) is 5.32 Å². The van der Waals surface area contributed by atoms with Gasteiger partial charge in [-0.25, -0.2) is 0 Å². The van der Waals surface area contributed by atoms with Crippen molar-refractivity contribution < 1.29 is 14.7 Å². The van der Waals surface area contributed by atoms with Crippen LogP contribution in [0, 0.1) is 17.3 Å². The van der Waals surface area contributed by atoms with Gasteiger partial charge >= 0.3 is 5.97 Å². The van der Waals surface area contributed by atoms with Gasteiger partial charge in [0, 0.05) is 13.1 Å². The van der Waals surface area contributed by atoms with E-state index in [1.54, 1.807) is 6.92 Å². The first-order chi connectivity index (χ1) is 9.51. The molecule has 2 aliphatic heterocycles. The molecule has 0 aromatic rings. The summed E-state index contributed by atoms with van der Waals surface area (Å²) in [7, 11) is 0. The van der Waals surface area contributed by atoms with E-state index in [0.29, 0.717) is 37.8 Å². The third-order valence-electron chi connectivity index (χ3n) is 5.71. The van der Waals surface area contributed by atoms with Gasteiger partial charge in [0.05, 0.1) is 11.5 Å². The van der Waals surface area contributed by atoms with Gasteiger partial charge in [0.2, 0.25) is 5.91 Å². The number of hydrogen-bond acceptors (Lipinski definition) is 3. The van der Waals surface area contributed by atoms with Crippen LogP contribution in [0.3, 0.4) is 0 Å². The molecule has 3 atom stereocenters. The second-order valence-electron chi connectivity index (χ2n) is 6.93. The lowest BCUT2D eigenvalue weighted by Crippen LogP contribution is -2.51. The van der Waals surface area contributed by atoms with Crippen molar-refractivity contribution in [1.29, 1.82) is 0 Å². The van der Waals surface area contributed by atoms with E-state index >= 15 is 0 Å². The third kappa shape index (κ3) is 2.22. The molecule has 0 aromatic carbocycles. The molecule has 5 heteroatoms. The Bertz CT molecular complexity index is 415. The van der Waals surface area contributed by atoms with E-state index in [1.807, 2.05) is 4.90 Å². The minimum Gasteiger partial charge on any atom is -0.481 e. The standard InChI is InChI=1S/C15H24N2O3/c1-15(14(19)20)5-7-17(8-6-15)13(18)12-11-4-2-3-10(11)9-16-12/h10-12,16H,2-9H2,1H3,(H,19,20). The molecule has 2 heterocycles. The first-order valence-corrected chi connectivity index (χ1v) is 7.77. The van der Waals surface area contributed by atoms with E-state index in [1.165, 1.54) is 12.8 Å². The zero-order valence-electron chi connectivity index (χ0n) is 12.1. The van der Waals surface area contributed by atoms with Gasteiger partial charge in [-0.2, -0.15) is 0 Å². The maximum absolute atomic E-state index is 12.6. The number of piperidine rings is 1. The van der Waals surface area contributed by atoms with E-state index in [0.717, 1.165) is 13.0 Å². The van der Waals surface area contributed by atoms with Gasteiger partial charge in [-0.15, -0.1) is 0 Å². The van der Waals surface area contributed by atoms with E-state index < -0.39 is 11.4 Å². The number of aliphatic carboxylic acids is 1. The van der Waals surface area contributed by atoms with Crippen LogP contribution < -0.4 is 5.32 Å². The van der Waals surface area contributed by atoms with Crippen LogP contribution in [0.25, 0.3) is 0 Å². The van der Waals surface area contributed by atoms with Crippen molar-refractivity contribution in [2.45, 2.75) is 45.1 Å². The van der Waals surface area contributed by atoms with Gasteiger partial charge in [-0.05, 0) is 51.0 Å². The SMILES string of the molecule is CC1(C(=O)O)CCN(C(=O)C2NCC3CCCC32)CC1. The molecular formula is C15H24N2O3. The number of nitrogens with zero attached hydrogens (tertiary/aromatic N) is 1. The molecule has 3 unspecified atom stereocenters. The zero-order chi connectivity index (χ0) is 14.3. The maximum Gasteiger partial charge on any atom is 0.309 e. The lowest BCUT2D eigenvalue weighted by molar-refractivity contribution is -0.153. The molecule has 5 nitrogen and oxygen atoms in total. The number of likely N-dealkylation sites (tertiary alicyclic amines) is 1. The van der Waals surface area contributed by atoms with Gasteiger partial charge in [0.25, 0.3) is 0 Å². The Morgan fingerprint density at radius 3 is 2.60 bits per heavy atom. The van der Waals surface area contributed by atoms with Crippen molar-refractivity contribution in [3.8, 4) is 0 Å². The first kappa shape index (κ1) is 13.9. The first-order valence-electron chi connectivity index (χ1n) is 7.77.